The van der Waals surface area contributed by atoms with Crippen LogP contribution in [0.5, 0.6) is 0 Å². The first-order valence-electron chi connectivity index (χ1n) is 3.44. The second kappa shape index (κ2) is 4.23. The molecule has 0 aliphatic carbocycles. The number of carbonyl (C=O) groups excluding carboxylic acids is 1. The lowest BCUT2D eigenvalue weighted by atomic mass is 10.2. The van der Waals surface area contributed by atoms with E-state index >= 15 is 0 Å². The fraction of sp³-hybridized carbons (Fsp3) is 0.125. The molecule has 1 aromatic rings. The third kappa shape index (κ3) is 3.59. The van der Waals surface area contributed by atoms with Crippen LogP contribution in [-0.4, -0.2) is 10.6 Å². The van der Waals surface area contributed by atoms with Gasteiger partial charge in [-0.25, -0.2) is 0 Å². The van der Waals surface area contributed by atoms with Crippen LogP contribution in [0.4, 0.5) is 13.2 Å². The van der Waals surface area contributed by atoms with Crippen molar-refractivity contribution in [1.29, 1.82) is 0 Å². The zero-order valence-corrected chi connectivity index (χ0v) is 8.21. The van der Waals surface area contributed by atoms with E-state index in [9.17, 15) is 18.0 Å². The van der Waals surface area contributed by atoms with Crippen LogP contribution in [0.1, 0.15) is 10.4 Å². The first-order chi connectivity index (χ1) is 6.38. The summed E-state index contributed by atoms with van der Waals surface area (Å²) in [4.78, 5) is 11.0. The van der Waals surface area contributed by atoms with E-state index in [4.69, 9.17) is 11.6 Å². The van der Waals surface area contributed by atoms with Gasteiger partial charge in [-0.15, -0.1) is 0 Å². The summed E-state index contributed by atoms with van der Waals surface area (Å²) in [5, 5.41) is -0.821. The highest BCUT2D eigenvalue weighted by atomic mass is 35.5. The minimum atomic E-state index is -4.56. The van der Waals surface area contributed by atoms with Gasteiger partial charge in [0.2, 0.25) is 5.12 Å². The number of rotatable bonds is 1. The summed E-state index contributed by atoms with van der Waals surface area (Å²) in [5.74, 6) is 0. The molecule has 0 unspecified atom stereocenters. The van der Waals surface area contributed by atoms with Gasteiger partial charge in [-0.05, 0) is 12.1 Å². The Morgan fingerprint density at radius 1 is 1.36 bits per heavy atom. The molecule has 0 aliphatic heterocycles. The molecule has 0 heterocycles. The molecule has 0 saturated heterocycles. The number of hydrogen-bond acceptors (Lipinski definition) is 2. The molecule has 0 aromatic heterocycles. The van der Waals surface area contributed by atoms with Crippen LogP contribution in [0.3, 0.4) is 0 Å². The van der Waals surface area contributed by atoms with E-state index in [1.807, 2.05) is 0 Å². The van der Waals surface area contributed by atoms with E-state index in [1.54, 1.807) is 0 Å². The van der Waals surface area contributed by atoms with Gasteiger partial charge in [0, 0.05) is 22.3 Å². The van der Waals surface area contributed by atoms with Crippen LogP contribution < -0.4 is 0 Å². The molecule has 0 radical (unpaired) electrons. The fourth-order valence-electron chi connectivity index (χ4n) is 0.779. The smallest absolute Gasteiger partial charge is 0.281 e. The predicted octanol–water partition coefficient (Wildman–Crippen LogP) is 3.73. The summed E-state index contributed by atoms with van der Waals surface area (Å²) in [6.45, 7) is 0. The largest absolute Gasteiger partial charge is 0.449 e. The molecular formula is C8H4ClF3OS. The molecule has 0 aliphatic rings. The van der Waals surface area contributed by atoms with E-state index in [0.29, 0.717) is 0 Å². The SMILES string of the molecule is O=C(SC(F)(F)F)c1cccc(Cl)c1. The van der Waals surface area contributed by atoms with Crippen molar-refractivity contribution >= 4 is 28.5 Å². The van der Waals surface area contributed by atoms with Crippen LogP contribution in [0.15, 0.2) is 24.3 Å². The average molecular weight is 241 g/mol. The van der Waals surface area contributed by atoms with Gasteiger partial charge in [0.1, 0.15) is 0 Å². The molecule has 1 nitrogen and oxygen atoms in total. The molecule has 0 saturated carbocycles. The minimum absolute atomic E-state index is 0.0557. The highest BCUT2D eigenvalue weighted by Crippen LogP contribution is 2.33. The van der Waals surface area contributed by atoms with Crippen molar-refractivity contribution in [2.45, 2.75) is 5.51 Å². The van der Waals surface area contributed by atoms with E-state index in [2.05, 4.69) is 0 Å². The van der Waals surface area contributed by atoms with Crippen molar-refractivity contribution in [1.82, 2.24) is 0 Å². The van der Waals surface area contributed by atoms with Crippen molar-refractivity contribution in [3.8, 4) is 0 Å². The standard InChI is InChI=1S/C8H4ClF3OS/c9-6-3-1-2-5(4-6)7(13)14-8(10,11)12/h1-4H. The van der Waals surface area contributed by atoms with Crippen LogP contribution in [0.2, 0.25) is 5.02 Å². The molecule has 1 rings (SSSR count). The summed E-state index contributed by atoms with van der Waals surface area (Å²) in [7, 11) is 0. The Bertz CT molecular complexity index is 351. The quantitative estimate of drug-likeness (QED) is 0.744. The molecule has 0 bridgehead atoms. The molecule has 0 amide bonds. The maximum Gasteiger partial charge on any atom is 0.449 e. The third-order valence-corrected chi connectivity index (χ3v) is 2.16. The minimum Gasteiger partial charge on any atom is -0.281 e. The zero-order valence-electron chi connectivity index (χ0n) is 6.64. The monoisotopic (exact) mass is 240 g/mol. The van der Waals surface area contributed by atoms with E-state index < -0.39 is 22.4 Å². The number of alkyl halides is 3. The summed E-state index contributed by atoms with van der Waals surface area (Å²) >= 11 is 4.84. The summed E-state index contributed by atoms with van der Waals surface area (Å²) < 4.78 is 35.4. The van der Waals surface area contributed by atoms with Gasteiger partial charge in [0.05, 0.1) is 0 Å². The van der Waals surface area contributed by atoms with E-state index in [-0.39, 0.29) is 10.6 Å². The number of thioether (sulfide) groups is 1. The van der Waals surface area contributed by atoms with Gasteiger partial charge < -0.3 is 0 Å². The van der Waals surface area contributed by atoms with Crippen LogP contribution in [-0.2, 0) is 0 Å². The van der Waals surface area contributed by atoms with Gasteiger partial charge >= 0.3 is 5.51 Å². The van der Waals surface area contributed by atoms with Gasteiger partial charge in [-0.1, -0.05) is 23.7 Å². The number of halogens is 4. The van der Waals surface area contributed by atoms with Crippen molar-refractivity contribution in [2.75, 3.05) is 0 Å². The van der Waals surface area contributed by atoms with Gasteiger partial charge in [-0.2, -0.15) is 13.2 Å². The lowest BCUT2D eigenvalue weighted by Crippen LogP contribution is -2.06. The molecule has 0 spiro atoms. The molecule has 14 heavy (non-hydrogen) atoms. The second-order valence-electron chi connectivity index (χ2n) is 2.35. The lowest BCUT2D eigenvalue weighted by Gasteiger charge is -2.03. The molecule has 1 aromatic carbocycles. The Morgan fingerprint density at radius 3 is 2.50 bits per heavy atom. The van der Waals surface area contributed by atoms with Gasteiger partial charge in [0.25, 0.3) is 0 Å². The van der Waals surface area contributed by atoms with Crippen molar-refractivity contribution in [3.63, 3.8) is 0 Å². The molecular weight excluding hydrogens is 237 g/mol. The predicted molar refractivity (Wildman–Crippen MR) is 49.4 cm³/mol. The molecule has 0 fully saturated rings. The van der Waals surface area contributed by atoms with Crippen LogP contribution in [0.25, 0.3) is 0 Å². The van der Waals surface area contributed by atoms with E-state index in [0.717, 1.165) is 0 Å². The van der Waals surface area contributed by atoms with Crippen molar-refractivity contribution in [2.24, 2.45) is 0 Å². The van der Waals surface area contributed by atoms with Gasteiger partial charge in [-0.3, -0.25) is 4.79 Å². The topological polar surface area (TPSA) is 17.1 Å². The number of hydrogen-bond donors (Lipinski definition) is 0. The second-order valence-corrected chi connectivity index (χ2v) is 3.82. The summed E-state index contributed by atoms with van der Waals surface area (Å²) in [5.41, 5.74) is -4.61. The first kappa shape index (κ1) is 11.4. The maximum atomic E-state index is 11.8. The lowest BCUT2D eigenvalue weighted by molar-refractivity contribution is -0.0322. The first-order valence-corrected chi connectivity index (χ1v) is 4.63. The molecule has 76 valence electrons. The third-order valence-electron chi connectivity index (χ3n) is 1.27. The highest BCUT2D eigenvalue weighted by Gasteiger charge is 2.33. The Kier molecular flexibility index (Phi) is 3.44. The highest BCUT2D eigenvalue weighted by molar-refractivity contribution is 8.14. The van der Waals surface area contributed by atoms with Crippen LogP contribution in [0, 0.1) is 0 Å². The van der Waals surface area contributed by atoms with E-state index in [1.165, 1.54) is 24.3 Å². The zero-order chi connectivity index (χ0) is 10.8. The Morgan fingerprint density at radius 2 is 2.00 bits per heavy atom. The number of carbonyl (C=O) groups is 1. The molecule has 6 heteroatoms. The summed E-state index contributed by atoms with van der Waals surface area (Å²) in [6, 6.07) is 5.39. The maximum absolute atomic E-state index is 11.8. The number of benzene rings is 1. The fourth-order valence-corrected chi connectivity index (χ4v) is 1.42. The Balaban J connectivity index is 2.80. The molecule has 0 atom stereocenters. The normalized spacial score (nSPS) is 11.4. The Labute approximate surface area is 87.2 Å². The Hall–Kier alpha value is -0.680. The van der Waals surface area contributed by atoms with Crippen LogP contribution >= 0.6 is 23.4 Å². The average Bonchev–Trinajstić information content (AvgIpc) is 2.01. The summed E-state index contributed by atoms with van der Waals surface area (Å²) in [6.07, 6.45) is 0. The molecule has 0 N–H and O–H groups in total. The van der Waals surface area contributed by atoms with Crippen molar-refractivity contribution < 1.29 is 18.0 Å². The van der Waals surface area contributed by atoms with Crippen molar-refractivity contribution in [3.05, 3.63) is 34.9 Å². The van der Waals surface area contributed by atoms with Gasteiger partial charge in [0.15, 0.2) is 0 Å².